The highest BCUT2D eigenvalue weighted by atomic mass is 32.1. The van der Waals surface area contributed by atoms with Crippen LogP contribution < -0.4 is 10.1 Å². The number of piperazine rings is 1. The van der Waals surface area contributed by atoms with E-state index in [4.69, 9.17) is 4.74 Å². The Morgan fingerprint density at radius 3 is 2.45 bits per heavy atom. The predicted octanol–water partition coefficient (Wildman–Crippen LogP) is 5.30. The van der Waals surface area contributed by atoms with Crippen molar-refractivity contribution in [3.63, 3.8) is 0 Å². The van der Waals surface area contributed by atoms with Gasteiger partial charge in [0.1, 0.15) is 10.8 Å². The second-order valence-corrected chi connectivity index (χ2v) is 9.46. The van der Waals surface area contributed by atoms with Gasteiger partial charge in [0.2, 0.25) is 0 Å². The molecule has 33 heavy (non-hydrogen) atoms. The fourth-order valence-electron chi connectivity index (χ4n) is 4.43. The summed E-state index contributed by atoms with van der Waals surface area (Å²) < 4.78 is 5.55. The molecule has 1 fully saturated rings. The minimum atomic E-state index is -0.0680. The van der Waals surface area contributed by atoms with Crippen molar-refractivity contribution in [2.24, 2.45) is 0 Å². The average Bonchev–Trinajstić information content (AvgIpc) is 3.27. The van der Waals surface area contributed by atoms with Gasteiger partial charge >= 0.3 is 0 Å². The van der Waals surface area contributed by atoms with Gasteiger partial charge in [0, 0.05) is 42.2 Å². The highest BCUT2D eigenvalue weighted by molar-refractivity contribution is 7.16. The lowest BCUT2D eigenvalue weighted by Crippen LogP contribution is -2.47. The second kappa shape index (κ2) is 11.0. The number of nitrogens with zero attached hydrogens (tertiary/aromatic N) is 2. The largest absolute Gasteiger partial charge is 0.497 e. The van der Waals surface area contributed by atoms with Crippen molar-refractivity contribution in [2.45, 2.75) is 26.3 Å². The Labute approximate surface area is 201 Å². The molecule has 1 aliphatic rings. The molecule has 3 aromatic rings. The third-order valence-corrected chi connectivity index (χ3v) is 7.56. The molecule has 1 N–H and O–H groups in total. The fourth-order valence-corrected chi connectivity index (χ4v) is 5.46. The van der Waals surface area contributed by atoms with Crippen molar-refractivity contribution in [3.05, 3.63) is 82.2 Å². The maximum atomic E-state index is 13.0. The summed E-state index contributed by atoms with van der Waals surface area (Å²) in [6, 6.07) is 20.1. The van der Waals surface area contributed by atoms with Crippen LogP contribution in [-0.2, 0) is 6.42 Å². The number of aryl methyl sites for hydroxylation is 1. The molecule has 6 heteroatoms. The summed E-state index contributed by atoms with van der Waals surface area (Å²) >= 11 is 1.68. The highest BCUT2D eigenvalue weighted by Gasteiger charge is 2.30. The van der Waals surface area contributed by atoms with Gasteiger partial charge in [0.05, 0.1) is 13.2 Å². The number of carbonyl (C=O) groups is 1. The molecule has 0 spiro atoms. The summed E-state index contributed by atoms with van der Waals surface area (Å²) in [6.07, 6.45) is 0.938. The van der Waals surface area contributed by atoms with E-state index in [-0.39, 0.29) is 11.9 Å². The second-order valence-electron chi connectivity index (χ2n) is 8.32. The van der Waals surface area contributed by atoms with Gasteiger partial charge in [-0.1, -0.05) is 44.2 Å². The summed E-state index contributed by atoms with van der Waals surface area (Å²) in [4.78, 5) is 19.3. The third-order valence-electron chi connectivity index (χ3n) is 6.35. The molecule has 1 aliphatic heterocycles. The van der Waals surface area contributed by atoms with Crippen LogP contribution in [0.15, 0.2) is 60.7 Å². The Morgan fingerprint density at radius 2 is 1.79 bits per heavy atom. The number of anilines is 1. The normalized spacial score (nSPS) is 15.8. The van der Waals surface area contributed by atoms with Crippen LogP contribution >= 0.6 is 11.3 Å². The van der Waals surface area contributed by atoms with Crippen LogP contribution in [0.4, 0.5) is 5.00 Å². The number of rotatable bonds is 8. The lowest BCUT2D eigenvalue weighted by molar-refractivity contribution is 0.102. The number of hydrogen-bond acceptors (Lipinski definition) is 5. The Bertz CT molecular complexity index is 1060. The number of hydrogen-bond donors (Lipinski definition) is 1. The molecule has 0 unspecified atom stereocenters. The maximum absolute atomic E-state index is 13.0. The van der Waals surface area contributed by atoms with E-state index >= 15 is 0 Å². The van der Waals surface area contributed by atoms with Crippen LogP contribution in [0.3, 0.4) is 0 Å². The molecule has 1 aromatic heterocycles. The van der Waals surface area contributed by atoms with Crippen LogP contribution in [0, 0.1) is 0 Å². The van der Waals surface area contributed by atoms with Gasteiger partial charge in [0.15, 0.2) is 0 Å². The van der Waals surface area contributed by atoms with E-state index in [9.17, 15) is 4.79 Å². The first kappa shape index (κ1) is 23.5. The molecule has 4 rings (SSSR count). The first-order chi connectivity index (χ1) is 16.1. The molecule has 2 heterocycles. The van der Waals surface area contributed by atoms with E-state index in [1.165, 1.54) is 16.0 Å². The van der Waals surface area contributed by atoms with Gasteiger partial charge in [-0.05, 0) is 48.9 Å². The van der Waals surface area contributed by atoms with Crippen molar-refractivity contribution in [1.29, 1.82) is 0 Å². The average molecular weight is 464 g/mol. The molecule has 1 amide bonds. The smallest absolute Gasteiger partial charge is 0.256 e. The predicted molar refractivity (Wildman–Crippen MR) is 137 cm³/mol. The molecule has 1 atom stereocenters. The Morgan fingerprint density at radius 1 is 1.03 bits per heavy atom. The number of thiophene rings is 1. The number of benzene rings is 2. The minimum absolute atomic E-state index is 0.0572. The zero-order valence-corrected chi connectivity index (χ0v) is 20.5. The molecule has 0 saturated carbocycles. The number of ether oxygens (including phenoxy) is 1. The molecule has 0 aliphatic carbocycles. The van der Waals surface area contributed by atoms with Gasteiger partial charge in [-0.3, -0.25) is 9.69 Å². The van der Waals surface area contributed by atoms with E-state index in [1.54, 1.807) is 18.4 Å². The topological polar surface area (TPSA) is 44.8 Å². The highest BCUT2D eigenvalue weighted by Crippen LogP contribution is 2.40. The summed E-state index contributed by atoms with van der Waals surface area (Å²) in [7, 11) is 1.71. The van der Waals surface area contributed by atoms with Gasteiger partial charge in [-0.15, -0.1) is 11.3 Å². The van der Waals surface area contributed by atoms with Crippen LogP contribution in [-0.4, -0.2) is 55.5 Å². The van der Waals surface area contributed by atoms with E-state index in [0.29, 0.717) is 5.56 Å². The summed E-state index contributed by atoms with van der Waals surface area (Å²) in [6.45, 7) is 9.53. The first-order valence-corrected chi connectivity index (χ1v) is 12.5. The van der Waals surface area contributed by atoms with Gasteiger partial charge < -0.3 is 15.0 Å². The minimum Gasteiger partial charge on any atom is -0.497 e. The van der Waals surface area contributed by atoms with E-state index in [1.807, 2.05) is 36.4 Å². The lowest BCUT2D eigenvalue weighted by Gasteiger charge is -2.39. The molecular formula is C27H33N3O2S. The Hall–Kier alpha value is -2.67. The Kier molecular flexibility index (Phi) is 7.81. The van der Waals surface area contributed by atoms with Crippen LogP contribution in [0.25, 0.3) is 0 Å². The summed E-state index contributed by atoms with van der Waals surface area (Å²) in [5.74, 6) is 0.784. The number of amides is 1. The van der Waals surface area contributed by atoms with Crippen molar-refractivity contribution in [1.82, 2.24) is 9.80 Å². The zero-order valence-electron chi connectivity index (χ0n) is 19.7. The zero-order chi connectivity index (χ0) is 23.2. The van der Waals surface area contributed by atoms with E-state index in [2.05, 4.69) is 53.2 Å². The van der Waals surface area contributed by atoms with Gasteiger partial charge in [-0.25, -0.2) is 0 Å². The molecule has 0 radical (unpaired) electrons. The van der Waals surface area contributed by atoms with E-state index in [0.717, 1.165) is 49.9 Å². The van der Waals surface area contributed by atoms with Gasteiger partial charge in [-0.2, -0.15) is 0 Å². The number of carbonyl (C=O) groups excluding carboxylic acids is 1. The van der Waals surface area contributed by atoms with Crippen LogP contribution in [0.2, 0.25) is 0 Å². The molecule has 1 saturated heterocycles. The SMILES string of the molecule is CCc1cc([C@H](c2cccc(OC)c2)N2CCN(CC)CC2)c(NC(=O)c2ccccc2)s1. The number of likely N-dealkylation sites (N-methyl/N-ethyl adjacent to an activating group) is 1. The number of nitrogens with one attached hydrogen (secondary N) is 1. The van der Waals surface area contributed by atoms with Gasteiger partial charge in [0.25, 0.3) is 5.91 Å². The van der Waals surface area contributed by atoms with Crippen LogP contribution in [0.1, 0.15) is 46.3 Å². The number of methoxy groups -OCH3 is 1. The monoisotopic (exact) mass is 463 g/mol. The molecule has 0 bridgehead atoms. The standard InChI is InChI=1S/C27H33N3O2S/c1-4-23-19-24(27(33-23)28-26(31)20-10-7-6-8-11-20)25(21-12-9-13-22(18-21)32-3)30-16-14-29(5-2)15-17-30/h6-13,18-19,25H,4-5,14-17H2,1-3H3,(H,28,31)/t25-/m0/s1. The molecular weight excluding hydrogens is 430 g/mol. The van der Waals surface area contributed by atoms with Crippen molar-refractivity contribution < 1.29 is 9.53 Å². The Balaban J connectivity index is 1.73. The fraction of sp³-hybridized carbons (Fsp3) is 0.370. The van der Waals surface area contributed by atoms with Crippen molar-refractivity contribution in [2.75, 3.05) is 45.2 Å². The summed E-state index contributed by atoms with van der Waals surface area (Å²) in [5, 5.41) is 4.17. The quantitative estimate of drug-likeness (QED) is 0.492. The van der Waals surface area contributed by atoms with Crippen LogP contribution in [0.5, 0.6) is 5.75 Å². The first-order valence-electron chi connectivity index (χ1n) is 11.7. The molecule has 5 nitrogen and oxygen atoms in total. The maximum Gasteiger partial charge on any atom is 0.256 e. The van der Waals surface area contributed by atoms with Crippen molar-refractivity contribution >= 4 is 22.2 Å². The lowest BCUT2D eigenvalue weighted by atomic mass is 9.97. The van der Waals surface area contributed by atoms with Crippen molar-refractivity contribution in [3.8, 4) is 5.75 Å². The van der Waals surface area contributed by atoms with E-state index < -0.39 is 0 Å². The molecule has 174 valence electrons. The third kappa shape index (κ3) is 5.46. The summed E-state index contributed by atoms with van der Waals surface area (Å²) in [5.41, 5.74) is 3.03. The molecule has 2 aromatic carbocycles.